The predicted molar refractivity (Wildman–Crippen MR) is 74.2 cm³/mol. The number of benzene rings is 1. The predicted octanol–water partition coefficient (Wildman–Crippen LogP) is 1.66. The van der Waals surface area contributed by atoms with Gasteiger partial charge in [-0.2, -0.15) is 0 Å². The van der Waals surface area contributed by atoms with Gasteiger partial charge in [-0.3, -0.25) is 0 Å². The minimum atomic E-state index is -3.37. The molecule has 0 spiro atoms. The molecule has 0 aliphatic carbocycles. The molecule has 1 aromatic carbocycles. The molecule has 0 radical (unpaired) electrons. The van der Waals surface area contributed by atoms with Crippen molar-refractivity contribution < 1.29 is 8.42 Å². The first-order chi connectivity index (χ1) is 8.34. The Morgan fingerprint density at radius 3 is 2.33 bits per heavy atom. The lowest BCUT2D eigenvalue weighted by atomic mass is 10.1. The molecule has 0 saturated carbocycles. The van der Waals surface area contributed by atoms with Crippen LogP contribution < -0.4 is 5.32 Å². The van der Waals surface area contributed by atoms with Gasteiger partial charge < -0.3 is 5.32 Å². The van der Waals surface area contributed by atoms with Crippen molar-refractivity contribution >= 4 is 10.0 Å². The Morgan fingerprint density at radius 2 is 1.83 bits per heavy atom. The SMILES string of the molecule is CCN(C)S(=O)(=O)c1cc(CNC)c(C)cc1C. The highest BCUT2D eigenvalue weighted by molar-refractivity contribution is 7.89. The molecule has 102 valence electrons. The van der Waals surface area contributed by atoms with Crippen molar-refractivity contribution in [3.05, 3.63) is 28.8 Å². The third-order valence-corrected chi connectivity index (χ3v) is 5.21. The summed E-state index contributed by atoms with van der Waals surface area (Å²) in [6.07, 6.45) is 0. The van der Waals surface area contributed by atoms with Crippen molar-refractivity contribution in [1.82, 2.24) is 9.62 Å². The van der Waals surface area contributed by atoms with E-state index in [1.165, 1.54) is 4.31 Å². The Bertz CT molecular complexity index is 524. The average molecular weight is 270 g/mol. The molecule has 0 unspecified atom stereocenters. The molecule has 0 saturated heterocycles. The highest BCUT2D eigenvalue weighted by Gasteiger charge is 2.22. The Labute approximate surface area is 110 Å². The van der Waals surface area contributed by atoms with E-state index in [0.29, 0.717) is 18.0 Å². The fourth-order valence-electron chi connectivity index (χ4n) is 1.87. The Kier molecular flexibility index (Phi) is 4.90. The fourth-order valence-corrected chi connectivity index (χ4v) is 3.30. The van der Waals surface area contributed by atoms with Gasteiger partial charge in [0.25, 0.3) is 0 Å². The molecular formula is C13H22N2O2S. The molecule has 0 aromatic heterocycles. The van der Waals surface area contributed by atoms with Crippen LogP contribution in [0.5, 0.6) is 0 Å². The summed E-state index contributed by atoms with van der Waals surface area (Å²) in [6, 6.07) is 3.71. The van der Waals surface area contributed by atoms with E-state index in [9.17, 15) is 8.42 Å². The highest BCUT2D eigenvalue weighted by atomic mass is 32.2. The van der Waals surface area contributed by atoms with Crippen LogP contribution in [0.25, 0.3) is 0 Å². The molecular weight excluding hydrogens is 248 g/mol. The molecule has 1 rings (SSSR count). The van der Waals surface area contributed by atoms with Crippen LogP contribution >= 0.6 is 0 Å². The lowest BCUT2D eigenvalue weighted by Gasteiger charge is -2.18. The highest BCUT2D eigenvalue weighted by Crippen LogP contribution is 2.23. The van der Waals surface area contributed by atoms with Crippen LogP contribution in [0.3, 0.4) is 0 Å². The first-order valence-corrected chi connectivity index (χ1v) is 7.49. The minimum absolute atomic E-state index is 0.405. The van der Waals surface area contributed by atoms with Gasteiger partial charge >= 0.3 is 0 Å². The van der Waals surface area contributed by atoms with Gasteiger partial charge in [0.2, 0.25) is 10.0 Å². The third kappa shape index (κ3) is 2.91. The molecule has 4 nitrogen and oxygen atoms in total. The number of hydrogen-bond acceptors (Lipinski definition) is 3. The molecule has 0 aliphatic heterocycles. The topological polar surface area (TPSA) is 49.4 Å². The number of hydrogen-bond donors (Lipinski definition) is 1. The maximum atomic E-state index is 12.4. The number of nitrogens with one attached hydrogen (secondary N) is 1. The third-order valence-electron chi connectivity index (χ3n) is 3.13. The first kappa shape index (κ1) is 15.1. The van der Waals surface area contributed by atoms with Gasteiger partial charge in [0, 0.05) is 20.1 Å². The summed E-state index contributed by atoms with van der Waals surface area (Å²) in [5, 5.41) is 3.06. The van der Waals surface area contributed by atoms with Crippen molar-refractivity contribution in [1.29, 1.82) is 0 Å². The van der Waals surface area contributed by atoms with Crippen LogP contribution in [0.15, 0.2) is 17.0 Å². The summed E-state index contributed by atoms with van der Waals surface area (Å²) < 4.78 is 26.1. The lowest BCUT2D eigenvalue weighted by molar-refractivity contribution is 0.485. The second kappa shape index (κ2) is 5.82. The first-order valence-electron chi connectivity index (χ1n) is 6.05. The quantitative estimate of drug-likeness (QED) is 0.885. The van der Waals surface area contributed by atoms with Crippen molar-refractivity contribution in [2.45, 2.75) is 32.2 Å². The summed E-state index contributed by atoms with van der Waals surface area (Å²) in [5.74, 6) is 0. The zero-order valence-electron chi connectivity index (χ0n) is 11.7. The Hall–Kier alpha value is -0.910. The molecule has 1 aromatic rings. The van der Waals surface area contributed by atoms with E-state index in [1.807, 2.05) is 33.9 Å². The van der Waals surface area contributed by atoms with Crippen LogP contribution in [0.4, 0.5) is 0 Å². The summed E-state index contributed by atoms with van der Waals surface area (Å²) in [6.45, 7) is 6.81. The molecule has 0 bridgehead atoms. The van der Waals surface area contributed by atoms with Crippen molar-refractivity contribution in [2.75, 3.05) is 20.6 Å². The number of aryl methyl sites for hydroxylation is 2. The van der Waals surface area contributed by atoms with Crippen LogP contribution in [0.1, 0.15) is 23.6 Å². The van der Waals surface area contributed by atoms with Gasteiger partial charge in [-0.05, 0) is 43.7 Å². The monoisotopic (exact) mass is 270 g/mol. The van der Waals surface area contributed by atoms with E-state index in [0.717, 1.165) is 16.7 Å². The maximum absolute atomic E-state index is 12.4. The molecule has 1 N–H and O–H groups in total. The standard InChI is InChI=1S/C13H22N2O2S/c1-6-15(5)18(16,17)13-8-12(9-14-4)10(2)7-11(13)3/h7-8,14H,6,9H2,1-5H3. The summed E-state index contributed by atoms with van der Waals surface area (Å²) in [5.41, 5.74) is 2.93. The number of rotatable bonds is 5. The maximum Gasteiger partial charge on any atom is 0.243 e. The molecule has 0 fully saturated rings. The zero-order chi connectivity index (χ0) is 13.9. The fraction of sp³-hybridized carbons (Fsp3) is 0.538. The molecule has 0 aliphatic rings. The van der Waals surface area contributed by atoms with Gasteiger partial charge in [-0.1, -0.05) is 13.0 Å². The van der Waals surface area contributed by atoms with E-state index in [-0.39, 0.29) is 0 Å². The summed E-state index contributed by atoms with van der Waals surface area (Å²) >= 11 is 0. The van der Waals surface area contributed by atoms with Gasteiger partial charge in [0.1, 0.15) is 0 Å². The lowest BCUT2D eigenvalue weighted by Crippen LogP contribution is -2.27. The van der Waals surface area contributed by atoms with E-state index >= 15 is 0 Å². The average Bonchev–Trinajstić information content (AvgIpc) is 2.31. The zero-order valence-corrected chi connectivity index (χ0v) is 12.6. The molecule has 18 heavy (non-hydrogen) atoms. The van der Waals surface area contributed by atoms with Gasteiger partial charge in [0.05, 0.1) is 4.90 Å². The summed E-state index contributed by atoms with van der Waals surface area (Å²) in [7, 11) is 0.0846. The largest absolute Gasteiger partial charge is 0.316 e. The second-order valence-corrected chi connectivity index (χ2v) is 6.51. The van der Waals surface area contributed by atoms with E-state index in [2.05, 4.69) is 5.32 Å². The molecule has 5 heteroatoms. The van der Waals surface area contributed by atoms with Gasteiger partial charge in [0.15, 0.2) is 0 Å². The van der Waals surface area contributed by atoms with Gasteiger partial charge in [-0.15, -0.1) is 0 Å². The smallest absolute Gasteiger partial charge is 0.243 e. The van der Waals surface area contributed by atoms with Crippen LogP contribution in [0.2, 0.25) is 0 Å². The van der Waals surface area contributed by atoms with E-state index < -0.39 is 10.0 Å². The Morgan fingerprint density at radius 1 is 1.22 bits per heavy atom. The molecule has 0 atom stereocenters. The van der Waals surface area contributed by atoms with Crippen LogP contribution in [-0.4, -0.2) is 33.4 Å². The minimum Gasteiger partial charge on any atom is -0.316 e. The normalized spacial score (nSPS) is 12.1. The Balaban J connectivity index is 3.37. The van der Waals surface area contributed by atoms with E-state index in [4.69, 9.17) is 0 Å². The molecule has 0 amide bonds. The number of nitrogens with zero attached hydrogens (tertiary/aromatic N) is 1. The second-order valence-electron chi connectivity index (χ2n) is 4.49. The van der Waals surface area contributed by atoms with Crippen LogP contribution in [-0.2, 0) is 16.6 Å². The van der Waals surface area contributed by atoms with Crippen molar-refractivity contribution in [2.24, 2.45) is 0 Å². The number of sulfonamides is 1. The van der Waals surface area contributed by atoms with Crippen molar-refractivity contribution in [3.63, 3.8) is 0 Å². The van der Waals surface area contributed by atoms with Crippen molar-refractivity contribution in [3.8, 4) is 0 Å². The van der Waals surface area contributed by atoms with Crippen LogP contribution in [0, 0.1) is 13.8 Å². The van der Waals surface area contributed by atoms with E-state index in [1.54, 1.807) is 13.1 Å². The van der Waals surface area contributed by atoms with Gasteiger partial charge in [-0.25, -0.2) is 12.7 Å². The molecule has 0 heterocycles. The summed E-state index contributed by atoms with van der Waals surface area (Å²) in [4.78, 5) is 0.405.